The molecule has 2 rings (SSSR count). The van der Waals surface area contributed by atoms with Gasteiger partial charge in [0.25, 0.3) is 0 Å². The Balaban J connectivity index is 2.09. The average Bonchev–Trinajstić information content (AvgIpc) is 2.44. The smallest absolute Gasteiger partial charge is 0.410 e. The van der Waals surface area contributed by atoms with E-state index in [0.717, 1.165) is 19.4 Å². The number of hydrogen-bond donors (Lipinski definition) is 0. The first-order valence-corrected chi connectivity index (χ1v) is 8.00. The standard InChI is InChI=1S/C19H27NO2/c1-6-7-14(2)15-8-9-17-13-20(11-10-16(17)12-15)18(21)22-19(3,4)5/h6,8-9,12,14H,1,7,10-11,13H2,2-5H3. The van der Waals surface area contributed by atoms with Crippen LogP contribution in [0.15, 0.2) is 30.9 Å². The molecular weight excluding hydrogens is 274 g/mol. The van der Waals surface area contributed by atoms with Gasteiger partial charge in [0.15, 0.2) is 0 Å². The van der Waals surface area contributed by atoms with Crippen molar-refractivity contribution in [1.29, 1.82) is 0 Å². The largest absolute Gasteiger partial charge is 0.444 e. The minimum atomic E-state index is -0.443. The van der Waals surface area contributed by atoms with Gasteiger partial charge in [-0.05, 0) is 56.2 Å². The van der Waals surface area contributed by atoms with Crippen LogP contribution in [0.4, 0.5) is 4.79 Å². The van der Waals surface area contributed by atoms with Crippen LogP contribution in [0.5, 0.6) is 0 Å². The molecule has 0 N–H and O–H groups in total. The maximum Gasteiger partial charge on any atom is 0.410 e. The second-order valence-electron chi connectivity index (χ2n) is 7.11. The molecule has 1 atom stereocenters. The number of allylic oxidation sites excluding steroid dienone is 1. The molecule has 120 valence electrons. The fourth-order valence-corrected chi connectivity index (χ4v) is 2.75. The molecule has 1 aromatic rings. The summed E-state index contributed by atoms with van der Waals surface area (Å²) in [7, 11) is 0. The zero-order valence-corrected chi connectivity index (χ0v) is 14.2. The van der Waals surface area contributed by atoms with Crippen LogP contribution in [0.3, 0.4) is 0 Å². The summed E-state index contributed by atoms with van der Waals surface area (Å²) >= 11 is 0. The molecule has 0 saturated heterocycles. The van der Waals surface area contributed by atoms with E-state index < -0.39 is 5.60 Å². The Morgan fingerprint density at radius 1 is 1.41 bits per heavy atom. The van der Waals surface area contributed by atoms with Crippen LogP contribution in [0.1, 0.15) is 56.7 Å². The molecule has 0 aromatic heterocycles. The number of hydrogen-bond acceptors (Lipinski definition) is 2. The van der Waals surface area contributed by atoms with E-state index in [0.29, 0.717) is 12.5 Å². The van der Waals surface area contributed by atoms with Crippen molar-refractivity contribution in [2.75, 3.05) is 6.54 Å². The number of carbonyl (C=O) groups excluding carboxylic acids is 1. The second-order valence-corrected chi connectivity index (χ2v) is 7.11. The number of amides is 1. The van der Waals surface area contributed by atoms with Crippen molar-refractivity contribution in [1.82, 2.24) is 4.90 Å². The highest BCUT2D eigenvalue weighted by Crippen LogP contribution is 2.26. The molecular formula is C19H27NO2. The summed E-state index contributed by atoms with van der Waals surface area (Å²) in [4.78, 5) is 14.0. The highest BCUT2D eigenvalue weighted by molar-refractivity contribution is 5.68. The highest BCUT2D eigenvalue weighted by atomic mass is 16.6. The van der Waals surface area contributed by atoms with Crippen molar-refractivity contribution in [3.63, 3.8) is 0 Å². The highest BCUT2D eigenvalue weighted by Gasteiger charge is 2.25. The van der Waals surface area contributed by atoms with E-state index in [1.807, 2.05) is 26.8 Å². The third-order valence-corrected chi connectivity index (χ3v) is 3.98. The number of fused-ring (bicyclic) bond motifs is 1. The maximum absolute atomic E-state index is 12.2. The number of rotatable bonds is 3. The van der Waals surface area contributed by atoms with Crippen LogP contribution in [0, 0.1) is 0 Å². The summed E-state index contributed by atoms with van der Waals surface area (Å²) in [6, 6.07) is 6.61. The maximum atomic E-state index is 12.2. The summed E-state index contributed by atoms with van der Waals surface area (Å²) in [6.07, 6.45) is 3.63. The predicted molar refractivity (Wildman–Crippen MR) is 90.0 cm³/mol. The Bertz CT molecular complexity index is 557. The van der Waals surface area contributed by atoms with Crippen LogP contribution < -0.4 is 0 Å². The van der Waals surface area contributed by atoms with Crippen molar-refractivity contribution in [3.8, 4) is 0 Å². The van der Waals surface area contributed by atoms with Crippen LogP contribution >= 0.6 is 0 Å². The van der Waals surface area contributed by atoms with Gasteiger partial charge in [0.1, 0.15) is 5.60 Å². The first-order chi connectivity index (χ1) is 10.3. The van der Waals surface area contributed by atoms with Gasteiger partial charge in [-0.15, -0.1) is 6.58 Å². The Morgan fingerprint density at radius 2 is 2.14 bits per heavy atom. The fraction of sp³-hybridized carbons (Fsp3) is 0.526. The molecule has 0 fully saturated rings. The molecule has 0 bridgehead atoms. The minimum Gasteiger partial charge on any atom is -0.444 e. The summed E-state index contributed by atoms with van der Waals surface area (Å²) in [6.45, 7) is 13.1. The molecule has 1 amide bonds. The van der Waals surface area contributed by atoms with E-state index >= 15 is 0 Å². The third-order valence-electron chi connectivity index (χ3n) is 3.98. The van der Waals surface area contributed by atoms with Crippen LogP contribution in [-0.2, 0) is 17.7 Å². The Morgan fingerprint density at radius 3 is 2.77 bits per heavy atom. The van der Waals surface area contributed by atoms with Gasteiger partial charge >= 0.3 is 6.09 Å². The molecule has 0 radical (unpaired) electrons. The van der Waals surface area contributed by atoms with E-state index in [9.17, 15) is 4.79 Å². The van der Waals surface area contributed by atoms with Gasteiger partial charge in [0, 0.05) is 13.1 Å². The lowest BCUT2D eigenvalue weighted by Gasteiger charge is -2.31. The van der Waals surface area contributed by atoms with Crippen LogP contribution in [0.25, 0.3) is 0 Å². The van der Waals surface area contributed by atoms with Gasteiger partial charge in [-0.2, -0.15) is 0 Å². The molecule has 1 heterocycles. The van der Waals surface area contributed by atoms with Crippen molar-refractivity contribution in [2.24, 2.45) is 0 Å². The van der Waals surface area contributed by atoms with E-state index in [1.54, 1.807) is 4.90 Å². The monoisotopic (exact) mass is 301 g/mol. The molecule has 1 aliphatic heterocycles. The molecule has 0 spiro atoms. The molecule has 3 nitrogen and oxygen atoms in total. The Kier molecular flexibility index (Phi) is 4.94. The van der Waals surface area contributed by atoms with Crippen molar-refractivity contribution < 1.29 is 9.53 Å². The van der Waals surface area contributed by atoms with E-state index in [-0.39, 0.29) is 6.09 Å². The van der Waals surface area contributed by atoms with Crippen LogP contribution in [0.2, 0.25) is 0 Å². The summed E-state index contributed by atoms with van der Waals surface area (Å²) < 4.78 is 5.46. The van der Waals surface area contributed by atoms with E-state index in [4.69, 9.17) is 4.74 Å². The van der Waals surface area contributed by atoms with Crippen LogP contribution in [-0.4, -0.2) is 23.1 Å². The first kappa shape index (κ1) is 16.6. The fourth-order valence-electron chi connectivity index (χ4n) is 2.75. The summed E-state index contributed by atoms with van der Waals surface area (Å²) in [5.74, 6) is 0.492. The molecule has 1 unspecified atom stereocenters. The molecule has 1 aliphatic rings. The second kappa shape index (κ2) is 6.55. The zero-order chi connectivity index (χ0) is 16.3. The Labute approximate surface area is 134 Å². The van der Waals surface area contributed by atoms with Gasteiger partial charge in [-0.3, -0.25) is 0 Å². The van der Waals surface area contributed by atoms with E-state index in [1.165, 1.54) is 16.7 Å². The first-order valence-electron chi connectivity index (χ1n) is 8.00. The summed E-state index contributed by atoms with van der Waals surface area (Å²) in [5, 5.41) is 0. The van der Waals surface area contributed by atoms with Gasteiger partial charge < -0.3 is 9.64 Å². The SMILES string of the molecule is C=CCC(C)c1ccc2c(c1)CCN(C(=O)OC(C)(C)C)C2. The average molecular weight is 301 g/mol. The Hall–Kier alpha value is -1.77. The lowest BCUT2D eigenvalue weighted by molar-refractivity contribution is 0.0224. The summed E-state index contributed by atoms with van der Waals surface area (Å²) in [5.41, 5.74) is 3.49. The lowest BCUT2D eigenvalue weighted by Crippen LogP contribution is -2.39. The number of ether oxygens (including phenoxy) is 1. The lowest BCUT2D eigenvalue weighted by atomic mass is 9.91. The third kappa shape index (κ3) is 4.12. The molecule has 22 heavy (non-hydrogen) atoms. The number of nitrogens with zero attached hydrogens (tertiary/aromatic N) is 1. The number of carbonyl (C=O) groups is 1. The quantitative estimate of drug-likeness (QED) is 0.760. The molecule has 1 aromatic carbocycles. The van der Waals surface area contributed by atoms with Crippen molar-refractivity contribution >= 4 is 6.09 Å². The minimum absolute atomic E-state index is 0.220. The predicted octanol–water partition coefficient (Wildman–Crippen LogP) is 4.66. The van der Waals surface area contributed by atoms with Crippen molar-refractivity contribution in [3.05, 3.63) is 47.5 Å². The van der Waals surface area contributed by atoms with E-state index in [2.05, 4.69) is 31.7 Å². The molecule has 0 saturated carbocycles. The molecule has 3 heteroatoms. The van der Waals surface area contributed by atoms with Gasteiger partial charge in [0.2, 0.25) is 0 Å². The zero-order valence-electron chi connectivity index (χ0n) is 14.2. The molecule has 0 aliphatic carbocycles. The van der Waals surface area contributed by atoms with Gasteiger partial charge in [-0.1, -0.05) is 31.2 Å². The van der Waals surface area contributed by atoms with Gasteiger partial charge in [-0.25, -0.2) is 4.79 Å². The van der Waals surface area contributed by atoms with Crippen molar-refractivity contribution in [2.45, 2.75) is 58.6 Å². The topological polar surface area (TPSA) is 29.5 Å². The number of benzene rings is 1. The normalized spacial score (nSPS) is 15.9. The van der Waals surface area contributed by atoms with Gasteiger partial charge in [0.05, 0.1) is 0 Å².